The second-order valence-electron chi connectivity index (χ2n) is 32.8. The number of aliphatic hydroxyl groups is 11. The Hall–Kier alpha value is -1.21. The lowest BCUT2D eigenvalue weighted by molar-refractivity contribution is -0.379. The Bertz CT molecular complexity index is 1910. The molecule has 0 bridgehead atoms. The number of nitrogens with one attached hydrogen (secondary N) is 1. The largest absolute Gasteiger partial charge is 0.394 e. The Labute approximate surface area is 646 Å². The SMILES string of the molecule is CCCCCCCCCCCCCCCCCCCCCCCCCCCCCCCCCCCCCCC(=O)NC(COC1OC(CO)C(OC2OC(CO)C(OC3OC(CO)C(O)C(O)C3O)C(O)C2O)C(O)C1O)C(O)CCCCCCCCCCCCCCCCCCCCCCCCCCC. The van der Waals surface area contributed by atoms with Gasteiger partial charge in [0.1, 0.15) is 73.2 Å². The third-order valence-electron chi connectivity index (χ3n) is 23.2. The van der Waals surface area contributed by atoms with Crippen LogP contribution in [0.2, 0.25) is 0 Å². The molecule has 19 nitrogen and oxygen atoms in total. The zero-order valence-electron chi connectivity index (χ0n) is 68.0. The summed E-state index contributed by atoms with van der Waals surface area (Å²) >= 11 is 0. The van der Waals surface area contributed by atoms with Gasteiger partial charge in [0, 0.05) is 6.42 Å². The lowest BCUT2D eigenvalue weighted by Crippen LogP contribution is -2.66. The van der Waals surface area contributed by atoms with Crippen LogP contribution < -0.4 is 5.32 Å². The van der Waals surface area contributed by atoms with Gasteiger partial charge in [-0.1, -0.05) is 399 Å². The van der Waals surface area contributed by atoms with Crippen LogP contribution in [-0.2, 0) is 33.2 Å². The number of carbonyl (C=O) groups is 1. The molecule has 1 amide bonds. The summed E-state index contributed by atoms with van der Waals surface area (Å²) in [6.45, 7) is 1.89. The lowest BCUT2D eigenvalue weighted by atomic mass is 9.96. The summed E-state index contributed by atoms with van der Waals surface area (Å²) in [7, 11) is 0. The first-order valence-electron chi connectivity index (χ1n) is 45.3. The summed E-state index contributed by atoms with van der Waals surface area (Å²) in [5.41, 5.74) is 0. The van der Waals surface area contributed by atoms with Gasteiger partial charge >= 0.3 is 0 Å². The van der Waals surface area contributed by atoms with Crippen molar-refractivity contribution in [2.24, 2.45) is 0 Å². The van der Waals surface area contributed by atoms with E-state index < -0.39 is 124 Å². The Morgan fingerprint density at radius 3 is 0.821 bits per heavy atom. The first-order valence-corrected chi connectivity index (χ1v) is 45.3. The molecule has 0 saturated carbocycles. The Balaban J connectivity index is 1.30. The van der Waals surface area contributed by atoms with E-state index in [1.54, 1.807) is 0 Å². The van der Waals surface area contributed by atoms with Crippen molar-refractivity contribution < 1.29 is 89.4 Å². The highest BCUT2D eigenvalue weighted by Gasteiger charge is 2.54. The van der Waals surface area contributed by atoms with Gasteiger partial charge in [-0.2, -0.15) is 0 Å². The highest BCUT2D eigenvalue weighted by atomic mass is 16.8. The number of ether oxygens (including phenoxy) is 6. The van der Waals surface area contributed by atoms with Crippen LogP contribution in [-0.4, -0.2) is 193 Å². The minimum atomic E-state index is -1.97. The minimum absolute atomic E-state index is 0.231. The predicted molar refractivity (Wildman–Crippen MR) is 425 cm³/mol. The van der Waals surface area contributed by atoms with Gasteiger partial charge in [-0.3, -0.25) is 4.79 Å². The van der Waals surface area contributed by atoms with Crippen LogP contribution in [0.3, 0.4) is 0 Å². The fraction of sp³-hybridized carbons (Fsp3) is 0.989. The van der Waals surface area contributed by atoms with Crippen LogP contribution >= 0.6 is 0 Å². The number of hydrogen-bond acceptors (Lipinski definition) is 18. The van der Waals surface area contributed by atoms with E-state index in [9.17, 15) is 61.0 Å². The number of carbonyl (C=O) groups excluding carboxylic acids is 1. The molecule has 17 unspecified atom stereocenters. The topological polar surface area (TPSA) is 307 Å². The van der Waals surface area contributed by atoms with Crippen molar-refractivity contribution in [1.82, 2.24) is 5.32 Å². The van der Waals surface area contributed by atoms with Gasteiger partial charge in [-0.05, 0) is 12.8 Å². The zero-order valence-corrected chi connectivity index (χ0v) is 68.0. The van der Waals surface area contributed by atoms with Crippen LogP contribution in [0.5, 0.6) is 0 Å². The molecular weight excluding hydrogens is 1350 g/mol. The summed E-state index contributed by atoms with van der Waals surface area (Å²) in [4.78, 5) is 13.5. The van der Waals surface area contributed by atoms with Gasteiger partial charge in [0.25, 0.3) is 0 Å². The van der Waals surface area contributed by atoms with Crippen LogP contribution in [0.1, 0.15) is 418 Å². The fourth-order valence-electron chi connectivity index (χ4n) is 16.0. The summed E-state index contributed by atoms with van der Waals surface area (Å²) in [6.07, 6.45) is 55.1. The molecule has 0 aliphatic carbocycles. The third kappa shape index (κ3) is 46.8. The van der Waals surface area contributed by atoms with Gasteiger partial charge in [0.05, 0.1) is 38.6 Å². The quantitative estimate of drug-likeness (QED) is 0.0252. The van der Waals surface area contributed by atoms with Crippen molar-refractivity contribution >= 4 is 5.91 Å². The third-order valence-corrected chi connectivity index (χ3v) is 23.2. The second kappa shape index (κ2) is 68.2. The van der Waals surface area contributed by atoms with Crippen LogP contribution in [0.15, 0.2) is 0 Å². The van der Waals surface area contributed by atoms with E-state index in [2.05, 4.69) is 19.2 Å². The van der Waals surface area contributed by atoms with E-state index in [0.29, 0.717) is 12.8 Å². The molecule has 17 atom stereocenters. The molecule has 3 aliphatic heterocycles. The average molecular weight is 1520 g/mol. The molecule has 3 fully saturated rings. The van der Waals surface area contributed by atoms with Crippen molar-refractivity contribution in [1.29, 1.82) is 0 Å². The van der Waals surface area contributed by atoms with Crippen LogP contribution in [0.4, 0.5) is 0 Å². The van der Waals surface area contributed by atoms with Crippen molar-refractivity contribution in [2.45, 2.75) is 523 Å². The van der Waals surface area contributed by atoms with E-state index in [4.69, 9.17) is 28.4 Å². The second-order valence-corrected chi connectivity index (χ2v) is 32.8. The molecule has 0 aromatic rings. The summed E-state index contributed by atoms with van der Waals surface area (Å²) in [5, 5.41) is 121. The molecular formula is C87H169NO18. The highest BCUT2D eigenvalue weighted by Crippen LogP contribution is 2.34. The van der Waals surface area contributed by atoms with Gasteiger partial charge in [-0.15, -0.1) is 0 Å². The van der Waals surface area contributed by atoms with E-state index in [1.807, 2.05) is 0 Å². The Morgan fingerprint density at radius 1 is 0.302 bits per heavy atom. The monoisotopic (exact) mass is 1520 g/mol. The number of hydrogen-bond donors (Lipinski definition) is 12. The van der Waals surface area contributed by atoms with Gasteiger partial charge in [-0.25, -0.2) is 0 Å². The summed E-state index contributed by atoms with van der Waals surface area (Å²) < 4.78 is 34.6. The minimum Gasteiger partial charge on any atom is -0.394 e. The van der Waals surface area contributed by atoms with Gasteiger partial charge in [0.2, 0.25) is 5.91 Å². The van der Waals surface area contributed by atoms with E-state index in [1.165, 1.54) is 340 Å². The molecule has 0 aromatic heterocycles. The fourth-order valence-corrected chi connectivity index (χ4v) is 16.0. The smallest absolute Gasteiger partial charge is 0.220 e. The van der Waals surface area contributed by atoms with Crippen molar-refractivity contribution in [3.05, 3.63) is 0 Å². The average Bonchev–Trinajstić information content (AvgIpc) is 0.781. The maximum Gasteiger partial charge on any atom is 0.220 e. The number of rotatable bonds is 75. The highest BCUT2D eigenvalue weighted by molar-refractivity contribution is 5.76. The van der Waals surface area contributed by atoms with Crippen molar-refractivity contribution in [3.8, 4) is 0 Å². The maximum atomic E-state index is 13.5. The van der Waals surface area contributed by atoms with E-state index >= 15 is 0 Å². The predicted octanol–water partition coefficient (Wildman–Crippen LogP) is 16.9. The number of unbranched alkanes of at least 4 members (excludes halogenated alkanes) is 59. The first-order chi connectivity index (χ1) is 51.8. The lowest BCUT2D eigenvalue weighted by Gasteiger charge is -2.48. The van der Waals surface area contributed by atoms with Crippen LogP contribution in [0, 0.1) is 0 Å². The standard InChI is InChI=1S/C87H169NO18/c1-3-5-7-9-11-13-15-17-19-21-23-25-27-29-30-31-32-33-34-35-36-37-38-39-41-43-45-47-49-51-53-55-57-59-61-63-65-75(93)88-70(71(92)64-62-60-58-56-54-52-50-48-46-44-42-40-28-26-24-22-20-18-16-14-12-10-8-6-4-2)69-101-85-81(99)78(96)83(73(67-90)103-85)106-87-82(100)79(97)84(74(68-91)104-87)105-86-80(98)77(95)76(94)72(66-89)102-86/h70-74,76-87,89-92,94-100H,3-69H2,1-2H3,(H,88,93). The molecule has 12 N–H and O–H groups in total. The van der Waals surface area contributed by atoms with Crippen molar-refractivity contribution in [2.75, 3.05) is 26.4 Å². The van der Waals surface area contributed by atoms with Crippen LogP contribution in [0.25, 0.3) is 0 Å². The summed E-state index contributed by atoms with van der Waals surface area (Å²) in [6, 6.07) is -0.884. The number of aliphatic hydroxyl groups excluding tert-OH is 11. The van der Waals surface area contributed by atoms with Gasteiger partial charge in [0.15, 0.2) is 18.9 Å². The maximum absolute atomic E-state index is 13.5. The molecule has 19 heteroatoms. The first kappa shape index (κ1) is 99.0. The molecule has 0 aromatic carbocycles. The molecule has 0 spiro atoms. The molecule has 3 saturated heterocycles. The molecule has 3 rings (SSSR count). The normalized spacial score (nSPS) is 25.5. The molecule has 3 aliphatic rings. The summed E-state index contributed by atoms with van der Waals surface area (Å²) in [5.74, 6) is -0.231. The van der Waals surface area contributed by atoms with Crippen molar-refractivity contribution in [3.63, 3.8) is 0 Å². The van der Waals surface area contributed by atoms with Gasteiger partial charge < -0.3 is 89.9 Å². The number of amides is 1. The molecule has 630 valence electrons. The van der Waals surface area contributed by atoms with E-state index in [-0.39, 0.29) is 18.9 Å². The Kier molecular flexibility index (Phi) is 63.7. The molecule has 0 radical (unpaired) electrons. The van der Waals surface area contributed by atoms with E-state index in [0.717, 1.165) is 44.9 Å². The Morgan fingerprint density at radius 2 is 0.538 bits per heavy atom. The molecule has 106 heavy (non-hydrogen) atoms. The molecule has 3 heterocycles. The zero-order chi connectivity index (χ0) is 76.7.